The van der Waals surface area contributed by atoms with Crippen LogP contribution in [0.4, 0.5) is 0 Å². The summed E-state index contributed by atoms with van der Waals surface area (Å²) in [6.45, 7) is 3.78. The van der Waals surface area contributed by atoms with E-state index in [2.05, 4.69) is 5.32 Å². The Labute approximate surface area is 124 Å². The van der Waals surface area contributed by atoms with Crippen molar-refractivity contribution in [2.75, 3.05) is 7.11 Å². The monoisotopic (exact) mass is 291 g/mol. The molecule has 2 rings (SSSR count). The van der Waals surface area contributed by atoms with Gasteiger partial charge >= 0.3 is 5.97 Å². The van der Waals surface area contributed by atoms with Crippen LogP contribution >= 0.6 is 0 Å². The van der Waals surface area contributed by atoms with Gasteiger partial charge in [0.15, 0.2) is 0 Å². The van der Waals surface area contributed by atoms with Gasteiger partial charge in [0.25, 0.3) is 5.91 Å². The molecule has 0 spiro atoms. The number of ether oxygens (including phenoxy) is 1. The van der Waals surface area contributed by atoms with Crippen LogP contribution in [0.15, 0.2) is 12.1 Å². The molecule has 0 heterocycles. The third-order valence-corrected chi connectivity index (χ3v) is 4.11. The lowest BCUT2D eigenvalue weighted by atomic mass is 9.74. The number of rotatable bonds is 5. The number of methoxy groups -OCH3 is 1. The molecule has 5 nitrogen and oxygen atoms in total. The van der Waals surface area contributed by atoms with E-state index >= 15 is 0 Å². The summed E-state index contributed by atoms with van der Waals surface area (Å²) in [6.07, 6.45) is 2.37. The molecule has 114 valence electrons. The molecule has 0 bridgehead atoms. The summed E-state index contributed by atoms with van der Waals surface area (Å²) in [5.41, 5.74) is 1.75. The lowest BCUT2D eigenvalue weighted by Crippen LogP contribution is -2.54. The third kappa shape index (κ3) is 3.17. The Bertz CT molecular complexity index is 553. The van der Waals surface area contributed by atoms with Crippen molar-refractivity contribution in [2.24, 2.45) is 0 Å². The Morgan fingerprint density at radius 2 is 1.86 bits per heavy atom. The Kier molecular flexibility index (Phi) is 4.21. The second kappa shape index (κ2) is 5.76. The van der Waals surface area contributed by atoms with E-state index in [0.717, 1.165) is 36.1 Å². The van der Waals surface area contributed by atoms with Crippen molar-refractivity contribution in [1.82, 2.24) is 5.32 Å². The van der Waals surface area contributed by atoms with Crippen molar-refractivity contribution in [3.63, 3.8) is 0 Å². The number of amides is 1. The zero-order chi connectivity index (χ0) is 15.6. The number of carbonyl (C=O) groups is 2. The van der Waals surface area contributed by atoms with Gasteiger partial charge in [-0.25, -0.2) is 0 Å². The molecule has 0 saturated heterocycles. The van der Waals surface area contributed by atoms with Crippen LogP contribution in [-0.2, 0) is 4.79 Å². The number of benzene rings is 1. The summed E-state index contributed by atoms with van der Waals surface area (Å²) in [5.74, 6) is -0.322. The predicted molar refractivity (Wildman–Crippen MR) is 78.8 cm³/mol. The van der Waals surface area contributed by atoms with Crippen LogP contribution < -0.4 is 10.1 Å². The number of aryl methyl sites for hydroxylation is 2. The standard InChI is InChI=1S/C16H21NO4/c1-10-7-12(8-11(2)14(10)21-3)15(20)17-16(5-4-6-16)9-13(18)19/h7-8H,4-6,9H2,1-3H3,(H,17,20)(H,18,19). The highest BCUT2D eigenvalue weighted by Crippen LogP contribution is 2.35. The molecule has 0 aromatic heterocycles. The van der Waals surface area contributed by atoms with Crippen molar-refractivity contribution in [2.45, 2.75) is 45.1 Å². The van der Waals surface area contributed by atoms with Gasteiger partial charge in [0.1, 0.15) is 5.75 Å². The zero-order valence-electron chi connectivity index (χ0n) is 12.7. The van der Waals surface area contributed by atoms with Gasteiger partial charge in [0.2, 0.25) is 0 Å². The average Bonchev–Trinajstić information content (AvgIpc) is 2.35. The largest absolute Gasteiger partial charge is 0.496 e. The number of hydrogen-bond donors (Lipinski definition) is 2. The summed E-state index contributed by atoms with van der Waals surface area (Å²) < 4.78 is 5.29. The molecule has 0 unspecified atom stereocenters. The first-order chi connectivity index (χ1) is 9.87. The van der Waals surface area contributed by atoms with E-state index in [-0.39, 0.29) is 12.3 Å². The average molecular weight is 291 g/mol. The van der Waals surface area contributed by atoms with E-state index in [1.807, 2.05) is 13.8 Å². The van der Waals surface area contributed by atoms with Crippen LogP contribution in [0.2, 0.25) is 0 Å². The molecular weight excluding hydrogens is 270 g/mol. The molecule has 1 aromatic rings. The minimum absolute atomic E-state index is 0.0210. The van der Waals surface area contributed by atoms with Crippen LogP contribution in [-0.4, -0.2) is 29.6 Å². The molecule has 21 heavy (non-hydrogen) atoms. The second-order valence-electron chi connectivity index (χ2n) is 5.80. The van der Waals surface area contributed by atoms with Gasteiger partial charge in [0.05, 0.1) is 19.1 Å². The number of hydrogen-bond acceptors (Lipinski definition) is 3. The molecule has 0 atom stereocenters. The smallest absolute Gasteiger partial charge is 0.305 e. The van der Waals surface area contributed by atoms with Crippen LogP contribution in [0.25, 0.3) is 0 Å². The molecule has 1 fully saturated rings. The molecule has 0 radical (unpaired) electrons. The van der Waals surface area contributed by atoms with Crippen LogP contribution in [0.5, 0.6) is 5.75 Å². The molecule has 5 heteroatoms. The van der Waals surface area contributed by atoms with Gasteiger partial charge in [-0.3, -0.25) is 9.59 Å². The number of carbonyl (C=O) groups excluding carboxylic acids is 1. The van der Waals surface area contributed by atoms with Gasteiger partial charge in [-0.05, 0) is 56.4 Å². The maximum atomic E-state index is 12.4. The summed E-state index contributed by atoms with van der Waals surface area (Å²) in [6, 6.07) is 3.54. The highest BCUT2D eigenvalue weighted by molar-refractivity contribution is 5.95. The lowest BCUT2D eigenvalue weighted by Gasteiger charge is -2.41. The second-order valence-corrected chi connectivity index (χ2v) is 5.80. The highest BCUT2D eigenvalue weighted by Gasteiger charge is 2.40. The summed E-state index contributed by atoms with van der Waals surface area (Å²) in [5, 5.41) is 11.9. The number of carboxylic acids is 1. The Morgan fingerprint density at radius 3 is 2.24 bits per heavy atom. The van der Waals surface area contributed by atoms with Crippen LogP contribution in [0.1, 0.15) is 47.2 Å². The molecule has 1 aliphatic rings. The first-order valence-electron chi connectivity index (χ1n) is 7.06. The number of carboxylic acid groups (broad SMARTS) is 1. The zero-order valence-corrected chi connectivity index (χ0v) is 12.7. The maximum Gasteiger partial charge on any atom is 0.305 e. The van der Waals surface area contributed by atoms with Crippen LogP contribution in [0, 0.1) is 13.8 Å². The number of nitrogens with one attached hydrogen (secondary N) is 1. The lowest BCUT2D eigenvalue weighted by molar-refractivity contribution is -0.139. The first kappa shape index (κ1) is 15.4. The fourth-order valence-corrected chi connectivity index (χ4v) is 2.96. The van der Waals surface area contributed by atoms with Crippen molar-refractivity contribution in [1.29, 1.82) is 0 Å². The van der Waals surface area contributed by atoms with Gasteiger partial charge in [0, 0.05) is 5.56 Å². The van der Waals surface area contributed by atoms with Gasteiger partial charge in [-0.2, -0.15) is 0 Å². The van der Waals surface area contributed by atoms with Crippen molar-refractivity contribution in [3.8, 4) is 5.75 Å². The van der Waals surface area contributed by atoms with E-state index in [4.69, 9.17) is 9.84 Å². The van der Waals surface area contributed by atoms with E-state index in [1.165, 1.54) is 0 Å². The SMILES string of the molecule is COc1c(C)cc(C(=O)NC2(CC(=O)O)CCC2)cc1C. The topological polar surface area (TPSA) is 75.6 Å². The molecule has 2 N–H and O–H groups in total. The van der Waals surface area contributed by atoms with Gasteiger partial charge in [-0.1, -0.05) is 0 Å². The summed E-state index contributed by atoms with van der Waals surface area (Å²) in [7, 11) is 1.60. The molecule has 1 saturated carbocycles. The van der Waals surface area contributed by atoms with E-state index in [9.17, 15) is 9.59 Å². The third-order valence-electron chi connectivity index (χ3n) is 4.11. The van der Waals surface area contributed by atoms with E-state index in [0.29, 0.717) is 5.56 Å². The number of aliphatic carboxylic acids is 1. The Morgan fingerprint density at radius 1 is 1.29 bits per heavy atom. The fourth-order valence-electron chi connectivity index (χ4n) is 2.96. The van der Waals surface area contributed by atoms with Gasteiger partial charge < -0.3 is 15.2 Å². The van der Waals surface area contributed by atoms with Crippen LogP contribution in [0.3, 0.4) is 0 Å². The predicted octanol–water partition coefficient (Wildman–Crippen LogP) is 2.44. The maximum absolute atomic E-state index is 12.4. The molecule has 1 amide bonds. The molecule has 1 aromatic carbocycles. The van der Waals surface area contributed by atoms with Crippen molar-refractivity contribution < 1.29 is 19.4 Å². The van der Waals surface area contributed by atoms with E-state index in [1.54, 1.807) is 19.2 Å². The first-order valence-corrected chi connectivity index (χ1v) is 7.06. The Hall–Kier alpha value is -2.04. The van der Waals surface area contributed by atoms with Crippen molar-refractivity contribution >= 4 is 11.9 Å². The summed E-state index contributed by atoms with van der Waals surface area (Å²) in [4.78, 5) is 23.3. The quantitative estimate of drug-likeness (QED) is 0.873. The fraction of sp³-hybridized carbons (Fsp3) is 0.500. The molecular formula is C16H21NO4. The molecule has 0 aliphatic heterocycles. The molecule has 1 aliphatic carbocycles. The van der Waals surface area contributed by atoms with Crippen molar-refractivity contribution in [3.05, 3.63) is 28.8 Å². The minimum atomic E-state index is -0.878. The minimum Gasteiger partial charge on any atom is -0.496 e. The van der Waals surface area contributed by atoms with E-state index < -0.39 is 11.5 Å². The highest BCUT2D eigenvalue weighted by atomic mass is 16.5. The van der Waals surface area contributed by atoms with Gasteiger partial charge in [-0.15, -0.1) is 0 Å². The Balaban J connectivity index is 2.19. The summed E-state index contributed by atoms with van der Waals surface area (Å²) >= 11 is 0. The normalized spacial score (nSPS) is 16.0.